The van der Waals surface area contributed by atoms with Crippen molar-refractivity contribution >= 4 is 12.0 Å². The number of amides is 1. The van der Waals surface area contributed by atoms with Gasteiger partial charge >= 0.3 is 0 Å². The van der Waals surface area contributed by atoms with E-state index in [0.717, 1.165) is 48.7 Å². The molecule has 1 amide bonds. The minimum Gasteiger partial charge on any atom is -0.335 e. The van der Waals surface area contributed by atoms with Crippen molar-refractivity contribution in [3.63, 3.8) is 0 Å². The molecule has 3 aromatic rings. The van der Waals surface area contributed by atoms with Gasteiger partial charge in [0.2, 0.25) is 0 Å². The van der Waals surface area contributed by atoms with Gasteiger partial charge in [0.25, 0.3) is 5.91 Å². The third-order valence-corrected chi connectivity index (χ3v) is 5.00. The first kappa shape index (κ1) is 19.0. The standard InChI is InChI=1S/C22H24N6O/c1-26-12-14-27(15-13-26)24-21(29)10-9-19-17-28(20-7-3-2-4-8-20)25-22(19)18-6-5-11-23-16-18/h2-11,16-17H,12-15H2,1H3,(H,24,29)/p+1/b10-9+. The molecule has 4 rings (SSSR count). The molecule has 2 aromatic heterocycles. The number of nitrogens with one attached hydrogen (secondary N) is 2. The van der Waals surface area contributed by atoms with E-state index < -0.39 is 0 Å². The molecule has 0 radical (unpaired) electrons. The first-order valence-corrected chi connectivity index (χ1v) is 9.79. The van der Waals surface area contributed by atoms with Gasteiger partial charge in [0.05, 0.1) is 38.9 Å². The van der Waals surface area contributed by atoms with Crippen LogP contribution in [0, 0.1) is 0 Å². The molecule has 0 bridgehead atoms. The molecule has 0 unspecified atom stereocenters. The summed E-state index contributed by atoms with van der Waals surface area (Å²) in [5.41, 5.74) is 6.48. The van der Waals surface area contributed by atoms with Crippen LogP contribution in [-0.4, -0.2) is 58.9 Å². The maximum atomic E-state index is 12.4. The minimum absolute atomic E-state index is 0.130. The van der Waals surface area contributed by atoms with Gasteiger partial charge < -0.3 is 4.90 Å². The Balaban J connectivity index is 1.56. The highest BCUT2D eigenvalue weighted by molar-refractivity contribution is 5.92. The van der Waals surface area contributed by atoms with Crippen LogP contribution in [0.4, 0.5) is 0 Å². The molecule has 0 spiro atoms. The van der Waals surface area contributed by atoms with Gasteiger partial charge in [0.1, 0.15) is 5.69 Å². The number of nitrogens with zero attached hydrogens (tertiary/aromatic N) is 4. The zero-order valence-electron chi connectivity index (χ0n) is 16.5. The van der Waals surface area contributed by atoms with Crippen molar-refractivity contribution < 1.29 is 9.69 Å². The zero-order valence-corrected chi connectivity index (χ0v) is 16.5. The molecule has 29 heavy (non-hydrogen) atoms. The number of hydrazine groups is 1. The molecule has 1 aliphatic heterocycles. The van der Waals surface area contributed by atoms with Crippen molar-refractivity contribution in [3.05, 3.63) is 72.7 Å². The van der Waals surface area contributed by atoms with Gasteiger partial charge in [-0.15, -0.1) is 0 Å². The minimum atomic E-state index is -0.130. The molecule has 148 valence electrons. The number of aromatic nitrogens is 3. The SMILES string of the molecule is C[NH+]1CCN(NC(=O)/C=C/c2cn(-c3ccccc3)nc2-c2cccnc2)CC1. The number of carbonyl (C=O) groups is 1. The van der Waals surface area contributed by atoms with Gasteiger partial charge in [-0.3, -0.25) is 15.2 Å². The van der Waals surface area contributed by atoms with Gasteiger partial charge in [0.15, 0.2) is 0 Å². The molecular formula is C22H25N6O+. The molecule has 0 atom stereocenters. The number of piperazine rings is 1. The van der Waals surface area contributed by atoms with Crippen LogP contribution in [0.1, 0.15) is 5.56 Å². The summed E-state index contributed by atoms with van der Waals surface area (Å²) in [5.74, 6) is -0.130. The lowest BCUT2D eigenvalue weighted by molar-refractivity contribution is -0.884. The van der Waals surface area contributed by atoms with E-state index >= 15 is 0 Å². The summed E-state index contributed by atoms with van der Waals surface area (Å²) in [4.78, 5) is 18.1. The number of carbonyl (C=O) groups excluding carboxylic acids is 1. The molecule has 7 nitrogen and oxygen atoms in total. The lowest BCUT2D eigenvalue weighted by Gasteiger charge is -2.29. The number of rotatable bonds is 5. The molecule has 1 saturated heterocycles. The van der Waals surface area contributed by atoms with Crippen LogP contribution in [0.25, 0.3) is 23.0 Å². The second-order valence-electron chi connectivity index (χ2n) is 7.21. The van der Waals surface area contributed by atoms with Crippen molar-refractivity contribution in [3.8, 4) is 16.9 Å². The number of hydrogen-bond acceptors (Lipinski definition) is 4. The van der Waals surface area contributed by atoms with E-state index in [1.54, 1.807) is 18.5 Å². The highest BCUT2D eigenvalue weighted by Crippen LogP contribution is 2.24. The summed E-state index contributed by atoms with van der Waals surface area (Å²) in [6, 6.07) is 13.8. The molecule has 2 N–H and O–H groups in total. The first-order chi connectivity index (χ1) is 14.2. The number of hydrogen-bond donors (Lipinski definition) is 2. The maximum absolute atomic E-state index is 12.4. The Morgan fingerprint density at radius 2 is 1.93 bits per heavy atom. The van der Waals surface area contributed by atoms with E-state index in [1.165, 1.54) is 4.90 Å². The lowest BCUT2D eigenvalue weighted by atomic mass is 10.1. The fourth-order valence-electron chi connectivity index (χ4n) is 3.31. The Morgan fingerprint density at radius 3 is 2.66 bits per heavy atom. The van der Waals surface area contributed by atoms with Crippen molar-refractivity contribution in [2.75, 3.05) is 33.2 Å². The normalized spacial score (nSPS) is 15.6. The first-order valence-electron chi connectivity index (χ1n) is 9.79. The molecule has 1 aliphatic rings. The predicted octanol–water partition coefficient (Wildman–Crippen LogP) is 0.809. The smallest absolute Gasteiger partial charge is 0.258 e. The Kier molecular flexibility index (Phi) is 5.79. The average molecular weight is 389 g/mol. The van der Waals surface area contributed by atoms with Crippen molar-refractivity contribution in [2.24, 2.45) is 0 Å². The summed E-state index contributed by atoms with van der Waals surface area (Å²) < 4.78 is 1.82. The third-order valence-electron chi connectivity index (χ3n) is 5.00. The number of para-hydroxylation sites is 1. The average Bonchev–Trinajstić information content (AvgIpc) is 3.20. The number of benzene rings is 1. The lowest BCUT2D eigenvalue weighted by Crippen LogP contribution is -3.12. The molecule has 0 saturated carbocycles. The summed E-state index contributed by atoms with van der Waals surface area (Å²) in [6.07, 6.45) is 8.82. The van der Waals surface area contributed by atoms with Crippen LogP contribution in [0.5, 0.6) is 0 Å². The van der Waals surface area contributed by atoms with E-state index in [-0.39, 0.29) is 5.91 Å². The summed E-state index contributed by atoms with van der Waals surface area (Å²) >= 11 is 0. The van der Waals surface area contributed by atoms with Gasteiger partial charge in [-0.05, 0) is 30.3 Å². The van der Waals surface area contributed by atoms with E-state index in [2.05, 4.69) is 17.5 Å². The van der Waals surface area contributed by atoms with Gasteiger partial charge in [-0.2, -0.15) is 5.10 Å². The highest BCUT2D eigenvalue weighted by Gasteiger charge is 2.17. The molecular weight excluding hydrogens is 364 g/mol. The van der Waals surface area contributed by atoms with Crippen LogP contribution in [0.15, 0.2) is 67.1 Å². The summed E-state index contributed by atoms with van der Waals surface area (Å²) in [6.45, 7) is 3.77. The zero-order chi connectivity index (χ0) is 20.1. The highest BCUT2D eigenvalue weighted by atomic mass is 16.2. The molecule has 7 heteroatoms. The Hall–Kier alpha value is -3.29. The molecule has 3 heterocycles. The predicted molar refractivity (Wildman–Crippen MR) is 112 cm³/mol. The van der Waals surface area contributed by atoms with Crippen LogP contribution in [-0.2, 0) is 4.79 Å². The van der Waals surface area contributed by atoms with Gasteiger partial charge in [-0.25, -0.2) is 9.69 Å². The quantitative estimate of drug-likeness (QED) is 0.634. The van der Waals surface area contributed by atoms with Crippen LogP contribution in [0.2, 0.25) is 0 Å². The second-order valence-corrected chi connectivity index (χ2v) is 7.21. The van der Waals surface area contributed by atoms with Crippen molar-refractivity contribution in [1.82, 2.24) is 25.2 Å². The molecule has 1 aromatic carbocycles. The number of quaternary nitrogens is 1. The molecule has 1 fully saturated rings. The Bertz CT molecular complexity index is 975. The van der Waals surface area contributed by atoms with Gasteiger partial charge in [-0.1, -0.05) is 18.2 Å². The number of likely N-dealkylation sites (N-methyl/N-ethyl adjacent to an activating group) is 1. The van der Waals surface area contributed by atoms with Crippen LogP contribution in [0.3, 0.4) is 0 Å². The van der Waals surface area contributed by atoms with E-state index in [0.29, 0.717) is 0 Å². The topological polar surface area (TPSA) is 67.5 Å². The maximum Gasteiger partial charge on any atom is 0.258 e. The Morgan fingerprint density at radius 1 is 1.14 bits per heavy atom. The largest absolute Gasteiger partial charge is 0.335 e. The number of pyridine rings is 1. The monoisotopic (exact) mass is 389 g/mol. The fourth-order valence-corrected chi connectivity index (χ4v) is 3.31. The summed E-state index contributed by atoms with van der Waals surface area (Å²) in [7, 11) is 2.17. The van der Waals surface area contributed by atoms with Crippen molar-refractivity contribution in [1.29, 1.82) is 0 Å². The van der Waals surface area contributed by atoms with Crippen LogP contribution >= 0.6 is 0 Å². The van der Waals surface area contributed by atoms with Gasteiger partial charge in [0, 0.05) is 35.8 Å². The molecule has 0 aliphatic carbocycles. The summed E-state index contributed by atoms with van der Waals surface area (Å²) in [5, 5.41) is 6.71. The van der Waals surface area contributed by atoms with E-state index in [9.17, 15) is 4.79 Å². The second kappa shape index (κ2) is 8.81. The van der Waals surface area contributed by atoms with Crippen molar-refractivity contribution in [2.45, 2.75) is 0 Å². The Labute approximate surface area is 170 Å². The van der Waals surface area contributed by atoms with E-state index in [1.807, 2.05) is 64.4 Å². The third kappa shape index (κ3) is 4.77. The van der Waals surface area contributed by atoms with Crippen LogP contribution < -0.4 is 10.3 Å². The fraction of sp³-hybridized carbons (Fsp3) is 0.227. The van der Waals surface area contributed by atoms with E-state index in [4.69, 9.17) is 5.10 Å².